The quantitative estimate of drug-likeness (QED) is 0.380. The molecule has 0 aromatic carbocycles. The van der Waals surface area contributed by atoms with E-state index in [2.05, 4.69) is 16.9 Å². The van der Waals surface area contributed by atoms with E-state index in [1.54, 1.807) is 19.1 Å². The van der Waals surface area contributed by atoms with Gasteiger partial charge in [-0.25, -0.2) is 9.78 Å². The molecule has 7 heteroatoms. The Morgan fingerprint density at radius 2 is 2.27 bits per heavy atom. The number of amides is 2. The summed E-state index contributed by atoms with van der Waals surface area (Å²) >= 11 is 0. The van der Waals surface area contributed by atoms with E-state index in [9.17, 15) is 9.59 Å². The van der Waals surface area contributed by atoms with E-state index < -0.39 is 0 Å². The Bertz CT molecular complexity index is 834. The van der Waals surface area contributed by atoms with Crippen LogP contribution in [0.1, 0.15) is 29.4 Å². The molecular weight excluding hydrogens is 332 g/mol. The van der Waals surface area contributed by atoms with Crippen LogP contribution in [-0.4, -0.2) is 31.0 Å². The Balaban J connectivity index is 2.25. The van der Waals surface area contributed by atoms with E-state index >= 15 is 0 Å². The Labute approximate surface area is 152 Å². The largest absolute Gasteiger partial charge is 0.495 e. The van der Waals surface area contributed by atoms with Crippen LogP contribution in [0.2, 0.25) is 0 Å². The van der Waals surface area contributed by atoms with Gasteiger partial charge >= 0.3 is 6.03 Å². The summed E-state index contributed by atoms with van der Waals surface area (Å²) in [5.74, 6) is 0.804. The van der Waals surface area contributed by atoms with Crippen molar-refractivity contribution in [2.24, 2.45) is 0 Å². The summed E-state index contributed by atoms with van der Waals surface area (Å²) in [5, 5.41) is 11.8. The van der Waals surface area contributed by atoms with Gasteiger partial charge in [0.15, 0.2) is 6.29 Å². The lowest BCUT2D eigenvalue weighted by Gasteiger charge is -2.28. The molecule has 0 aliphatic carbocycles. The number of aldehydes is 1. The SMILES string of the molecule is C=C/C(C#N)=C(\C=C(/C)NC(=O)N1CCCc2ccc(C=O)nc21)OC. The van der Waals surface area contributed by atoms with Crippen molar-refractivity contribution in [3.05, 3.63) is 59.2 Å². The lowest BCUT2D eigenvalue weighted by Crippen LogP contribution is -2.42. The lowest BCUT2D eigenvalue weighted by molar-refractivity contribution is 0.111. The van der Waals surface area contributed by atoms with Gasteiger partial charge in [-0.05, 0) is 37.5 Å². The average molecular weight is 352 g/mol. The molecule has 0 radical (unpaired) electrons. The first-order valence-electron chi connectivity index (χ1n) is 8.06. The third-order valence-electron chi connectivity index (χ3n) is 3.89. The number of carbonyl (C=O) groups excluding carboxylic acids is 2. The van der Waals surface area contributed by atoms with Gasteiger partial charge in [0.1, 0.15) is 23.3 Å². The van der Waals surface area contributed by atoms with Gasteiger partial charge in [0, 0.05) is 18.3 Å². The number of methoxy groups -OCH3 is 1. The minimum Gasteiger partial charge on any atom is -0.495 e. The van der Waals surface area contributed by atoms with E-state index in [-0.39, 0.29) is 17.3 Å². The van der Waals surface area contributed by atoms with Crippen molar-refractivity contribution in [3.8, 4) is 6.07 Å². The van der Waals surface area contributed by atoms with Crippen molar-refractivity contribution >= 4 is 18.1 Å². The number of aryl methyl sites for hydroxylation is 1. The molecule has 0 bridgehead atoms. The van der Waals surface area contributed by atoms with Gasteiger partial charge in [-0.15, -0.1) is 0 Å². The predicted octanol–water partition coefficient (Wildman–Crippen LogP) is 2.87. The molecular formula is C19H20N4O3. The number of ether oxygens (including phenoxy) is 1. The van der Waals surface area contributed by atoms with Gasteiger partial charge in [-0.3, -0.25) is 9.69 Å². The molecule has 1 aromatic heterocycles. The zero-order chi connectivity index (χ0) is 19.1. The van der Waals surface area contributed by atoms with Crippen LogP contribution >= 0.6 is 0 Å². The number of nitrogens with zero attached hydrogens (tertiary/aromatic N) is 3. The second kappa shape index (κ2) is 8.62. The molecule has 2 heterocycles. The Kier molecular flexibility index (Phi) is 6.28. The predicted molar refractivity (Wildman–Crippen MR) is 97.4 cm³/mol. The zero-order valence-electron chi connectivity index (χ0n) is 14.8. The standard InChI is InChI=1S/C19H20N4O3/c1-4-14(11-20)17(26-3)10-13(2)21-19(25)23-9-5-6-15-7-8-16(12-24)22-18(15)23/h4,7-8,10,12H,1,5-6,9H2,2-3H3,(H,21,25)/b13-10+,17-14-. The molecule has 134 valence electrons. The van der Waals surface area contributed by atoms with Gasteiger partial charge < -0.3 is 10.1 Å². The highest BCUT2D eigenvalue weighted by Gasteiger charge is 2.24. The number of anilines is 1. The first-order valence-corrected chi connectivity index (χ1v) is 8.06. The highest BCUT2D eigenvalue weighted by atomic mass is 16.5. The maximum Gasteiger partial charge on any atom is 0.327 e. The molecule has 0 spiro atoms. The van der Waals surface area contributed by atoms with Gasteiger partial charge in [0.2, 0.25) is 0 Å². The molecule has 1 aliphatic rings. The van der Waals surface area contributed by atoms with Crippen molar-refractivity contribution < 1.29 is 14.3 Å². The van der Waals surface area contributed by atoms with Crippen molar-refractivity contribution in [1.82, 2.24) is 10.3 Å². The fraction of sp³-hybridized carbons (Fsp3) is 0.263. The molecule has 2 amide bonds. The monoisotopic (exact) mass is 352 g/mol. The highest BCUT2D eigenvalue weighted by molar-refractivity contribution is 5.93. The smallest absolute Gasteiger partial charge is 0.327 e. The van der Waals surface area contributed by atoms with E-state index in [0.717, 1.165) is 18.4 Å². The lowest BCUT2D eigenvalue weighted by atomic mass is 10.1. The summed E-state index contributed by atoms with van der Waals surface area (Å²) in [6.45, 7) is 5.76. The molecule has 0 fully saturated rings. The first kappa shape index (κ1) is 18.9. The van der Waals surface area contributed by atoms with Crippen LogP contribution in [0.3, 0.4) is 0 Å². The molecule has 0 saturated heterocycles. The molecule has 26 heavy (non-hydrogen) atoms. The highest BCUT2D eigenvalue weighted by Crippen LogP contribution is 2.25. The van der Waals surface area contributed by atoms with Crippen LogP contribution in [0.25, 0.3) is 0 Å². The second-order valence-electron chi connectivity index (χ2n) is 5.65. The normalized spacial score (nSPS) is 14.5. The molecule has 7 nitrogen and oxygen atoms in total. The first-order chi connectivity index (χ1) is 12.5. The minimum atomic E-state index is -0.359. The Morgan fingerprint density at radius 1 is 1.50 bits per heavy atom. The molecule has 0 unspecified atom stereocenters. The molecule has 1 aromatic rings. The van der Waals surface area contributed by atoms with Gasteiger partial charge in [0.25, 0.3) is 0 Å². The number of allylic oxidation sites excluding steroid dienone is 4. The summed E-state index contributed by atoms with van der Waals surface area (Å²) in [4.78, 5) is 29.4. The number of carbonyl (C=O) groups is 2. The van der Waals surface area contributed by atoms with Crippen LogP contribution < -0.4 is 10.2 Å². The van der Waals surface area contributed by atoms with E-state index in [1.165, 1.54) is 18.1 Å². The Hall–Kier alpha value is -3.40. The van der Waals surface area contributed by atoms with Crippen molar-refractivity contribution in [2.45, 2.75) is 19.8 Å². The van der Waals surface area contributed by atoms with Crippen LogP contribution in [0.5, 0.6) is 0 Å². The number of fused-ring (bicyclic) bond motifs is 1. The Morgan fingerprint density at radius 3 is 2.88 bits per heavy atom. The maximum atomic E-state index is 12.7. The third-order valence-corrected chi connectivity index (χ3v) is 3.89. The minimum absolute atomic E-state index is 0.265. The van der Waals surface area contributed by atoms with E-state index in [0.29, 0.717) is 30.1 Å². The van der Waals surface area contributed by atoms with Gasteiger partial charge in [-0.2, -0.15) is 5.26 Å². The number of nitriles is 1. The topological polar surface area (TPSA) is 95.3 Å². The maximum absolute atomic E-state index is 12.7. The number of urea groups is 1. The average Bonchev–Trinajstić information content (AvgIpc) is 2.66. The number of aromatic nitrogens is 1. The fourth-order valence-electron chi connectivity index (χ4n) is 2.63. The van der Waals surface area contributed by atoms with Crippen molar-refractivity contribution in [3.63, 3.8) is 0 Å². The van der Waals surface area contributed by atoms with Crippen LogP contribution in [0, 0.1) is 11.3 Å². The van der Waals surface area contributed by atoms with Crippen LogP contribution in [-0.2, 0) is 11.2 Å². The summed E-state index contributed by atoms with van der Waals surface area (Å²) in [6, 6.07) is 5.09. The fourth-order valence-corrected chi connectivity index (χ4v) is 2.63. The summed E-state index contributed by atoms with van der Waals surface area (Å²) in [7, 11) is 1.44. The van der Waals surface area contributed by atoms with E-state index in [1.807, 2.05) is 12.1 Å². The van der Waals surface area contributed by atoms with E-state index in [4.69, 9.17) is 10.00 Å². The van der Waals surface area contributed by atoms with Crippen LogP contribution in [0.15, 0.2) is 47.9 Å². The summed E-state index contributed by atoms with van der Waals surface area (Å²) < 4.78 is 5.17. The molecule has 1 N–H and O–H groups in total. The number of hydrogen-bond donors (Lipinski definition) is 1. The second-order valence-corrected chi connectivity index (χ2v) is 5.65. The van der Waals surface area contributed by atoms with Crippen molar-refractivity contribution in [2.75, 3.05) is 18.6 Å². The zero-order valence-corrected chi connectivity index (χ0v) is 14.8. The molecule has 2 rings (SSSR count). The summed E-state index contributed by atoms with van der Waals surface area (Å²) in [6.07, 6.45) is 5.21. The molecule has 0 saturated carbocycles. The number of hydrogen-bond acceptors (Lipinski definition) is 5. The van der Waals surface area contributed by atoms with Crippen molar-refractivity contribution in [1.29, 1.82) is 5.26 Å². The van der Waals surface area contributed by atoms with Crippen LogP contribution in [0.4, 0.5) is 10.6 Å². The molecule has 1 aliphatic heterocycles. The number of nitrogens with one attached hydrogen (secondary N) is 1. The molecule has 0 atom stereocenters. The summed E-state index contributed by atoms with van der Waals surface area (Å²) in [5.41, 5.74) is 1.97. The van der Waals surface area contributed by atoms with Gasteiger partial charge in [-0.1, -0.05) is 12.6 Å². The number of rotatable bonds is 5. The van der Waals surface area contributed by atoms with Gasteiger partial charge in [0.05, 0.1) is 12.7 Å². The number of pyridine rings is 1. The third kappa shape index (κ3) is 4.16.